The summed E-state index contributed by atoms with van der Waals surface area (Å²) >= 11 is 5.61. The number of hydrogen-bond acceptors (Lipinski definition) is 3. The molecule has 1 fully saturated rings. The summed E-state index contributed by atoms with van der Waals surface area (Å²) < 4.78 is 3.32. The summed E-state index contributed by atoms with van der Waals surface area (Å²) in [5.41, 5.74) is 7.53. The zero-order valence-corrected chi connectivity index (χ0v) is 11.6. The van der Waals surface area contributed by atoms with E-state index in [0.29, 0.717) is 5.92 Å². The molecule has 88 valence electrons. The molecule has 0 amide bonds. The summed E-state index contributed by atoms with van der Waals surface area (Å²) in [7, 11) is 0. The van der Waals surface area contributed by atoms with Crippen LogP contribution in [-0.4, -0.2) is 21.1 Å². The van der Waals surface area contributed by atoms with Crippen LogP contribution in [-0.2, 0) is 6.42 Å². The van der Waals surface area contributed by atoms with Gasteiger partial charge in [0.25, 0.3) is 0 Å². The van der Waals surface area contributed by atoms with Gasteiger partial charge in [0.1, 0.15) is 10.4 Å². The maximum Gasteiger partial charge on any atom is 0.127 e. The van der Waals surface area contributed by atoms with Gasteiger partial charge in [-0.25, -0.2) is 4.98 Å². The molecule has 1 aromatic rings. The Labute approximate surface area is 108 Å². The number of aromatic nitrogens is 2. The van der Waals surface area contributed by atoms with Gasteiger partial charge < -0.3 is 10.3 Å². The number of halogens is 1. The highest BCUT2D eigenvalue weighted by Crippen LogP contribution is 2.37. The van der Waals surface area contributed by atoms with Crippen molar-refractivity contribution in [3.63, 3.8) is 0 Å². The first-order chi connectivity index (χ1) is 7.77. The lowest BCUT2D eigenvalue weighted by atomic mass is 10.1. The molecule has 0 aromatic carbocycles. The minimum Gasteiger partial charge on any atom is -0.315 e. The maximum atomic E-state index is 6.22. The highest BCUT2D eigenvalue weighted by Gasteiger charge is 2.29. The Morgan fingerprint density at radius 1 is 1.44 bits per heavy atom. The highest BCUT2D eigenvalue weighted by molar-refractivity contribution is 9.10. The fourth-order valence-electron chi connectivity index (χ4n) is 2.68. The smallest absolute Gasteiger partial charge is 0.127 e. The van der Waals surface area contributed by atoms with Gasteiger partial charge in [-0.15, -0.1) is 0 Å². The molecule has 2 N–H and O–H groups in total. The Hall–Kier alpha value is -0.000000000000000111. The molecule has 16 heavy (non-hydrogen) atoms. The van der Waals surface area contributed by atoms with E-state index in [-0.39, 0.29) is 6.17 Å². The van der Waals surface area contributed by atoms with Crippen molar-refractivity contribution in [2.45, 2.75) is 37.8 Å². The molecule has 2 aliphatic heterocycles. The van der Waals surface area contributed by atoms with Crippen molar-refractivity contribution in [1.82, 2.24) is 9.55 Å². The molecular weight excluding hydrogens is 286 g/mol. The van der Waals surface area contributed by atoms with Gasteiger partial charge in [0.05, 0.1) is 11.9 Å². The predicted octanol–water partition coefficient (Wildman–Crippen LogP) is 2.66. The standard InChI is InChI=1S/C11H16BrN3S/c12-10-8-2-1-3-9(13)15(8)11(14-10)7-4-5-16-6-7/h7,9H,1-6,13H2. The average molecular weight is 302 g/mol. The molecule has 5 heteroatoms. The van der Waals surface area contributed by atoms with E-state index in [2.05, 4.69) is 20.5 Å². The van der Waals surface area contributed by atoms with Crippen LogP contribution in [0.4, 0.5) is 0 Å². The van der Waals surface area contributed by atoms with Crippen molar-refractivity contribution in [1.29, 1.82) is 0 Å². The van der Waals surface area contributed by atoms with Crippen LogP contribution in [0.25, 0.3) is 0 Å². The van der Waals surface area contributed by atoms with E-state index in [1.54, 1.807) is 0 Å². The first kappa shape index (κ1) is 11.1. The van der Waals surface area contributed by atoms with E-state index < -0.39 is 0 Å². The second kappa shape index (κ2) is 4.35. The molecule has 0 radical (unpaired) electrons. The quantitative estimate of drug-likeness (QED) is 0.867. The third kappa shape index (κ3) is 1.73. The Bertz CT molecular complexity index is 398. The first-order valence-electron chi connectivity index (χ1n) is 5.87. The van der Waals surface area contributed by atoms with E-state index in [4.69, 9.17) is 10.7 Å². The maximum absolute atomic E-state index is 6.22. The number of nitrogens with zero attached hydrogens (tertiary/aromatic N) is 2. The molecule has 3 rings (SSSR count). The SMILES string of the molecule is NC1CCCc2c(Br)nc(C3CCSC3)n21. The average Bonchev–Trinajstić information content (AvgIpc) is 2.87. The summed E-state index contributed by atoms with van der Waals surface area (Å²) in [6, 6.07) is 0. The Morgan fingerprint density at radius 2 is 2.31 bits per heavy atom. The van der Waals surface area contributed by atoms with Crippen molar-refractivity contribution in [3.8, 4) is 0 Å². The lowest BCUT2D eigenvalue weighted by Gasteiger charge is -2.25. The van der Waals surface area contributed by atoms with Gasteiger partial charge in [-0.05, 0) is 47.4 Å². The van der Waals surface area contributed by atoms with E-state index in [1.165, 1.54) is 35.9 Å². The van der Waals surface area contributed by atoms with Crippen LogP contribution in [0.5, 0.6) is 0 Å². The van der Waals surface area contributed by atoms with E-state index in [0.717, 1.165) is 17.4 Å². The van der Waals surface area contributed by atoms with Gasteiger partial charge in [-0.3, -0.25) is 0 Å². The van der Waals surface area contributed by atoms with Crippen LogP contribution in [0.2, 0.25) is 0 Å². The third-order valence-corrected chi connectivity index (χ3v) is 5.33. The van der Waals surface area contributed by atoms with Gasteiger partial charge in [-0.1, -0.05) is 0 Å². The number of rotatable bonds is 1. The Balaban J connectivity index is 2.04. The minimum absolute atomic E-state index is 0.142. The van der Waals surface area contributed by atoms with Crippen LogP contribution < -0.4 is 5.73 Å². The van der Waals surface area contributed by atoms with Crippen molar-refractivity contribution < 1.29 is 0 Å². The first-order valence-corrected chi connectivity index (χ1v) is 7.82. The van der Waals surface area contributed by atoms with Gasteiger partial charge in [-0.2, -0.15) is 11.8 Å². The number of hydrogen-bond donors (Lipinski definition) is 1. The Kier molecular flexibility index (Phi) is 3.02. The molecule has 3 heterocycles. The van der Waals surface area contributed by atoms with E-state index in [1.807, 2.05) is 11.8 Å². The molecular formula is C11H16BrN3S. The molecule has 0 aliphatic carbocycles. The number of nitrogens with two attached hydrogens (primary N) is 1. The van der Waals surface area contributed by atoms with Crippen molar-refractivity contribution in [3.05, 3.63) is 16.1 Å². The second-order valence-corrected chi connectivity index (χ2v) is 6.50. The van der Waals surface area contributed by atoms with Crippen molar-refractivity contribution >= 4 is 27.7 Å². The fourth-order valence-corrected chi connectivity index (χ4v) is 4.47. The summed E-state index contributed by atoms with van der Waals surface area (Å²) in [6.07, 6.45) is 4.78. The second-order valence-electron chi connectivity index (χ2n) is 4.60. The number of imidazole rings is 1. The highest BCUT2D eigenvalue weighted by atomic mass is 79.9. The van der Waals surface area contributed by atoms with Crippen LogP contribution in [0, 0.1) is 0 Å². The topological polar surface area (TPSA) is 43.8 Å². The molecule has 0 saturated carbocycles. The molecule has 2 aliphatic rings. The molecule has 0 spiro atoms. The minimum atomic E-state index is 0.142. The van der Waals surface area contributed by atoms with Crippen LogP contribution in [0.15, 0.2) is 4.60 Å². The van der Waals surface area contributed by atoms with E-state index in [9.17, 15) is 0 Å². The Morgan fingerprint density at radius 3 is 3.06 bits per heavy atom. The van der Waals surface area contributed by atoms with Crippen LogP contribution in [0.1, 0.15) is 42.9 Å². The molecule has 1 aromatic heterocycles. The van der Waals surface area contributed by atoms with Gasteiger partial charge in [0.2, 0.25) is 0 Å². The molecule has 3 nitrogen and oxygen atoms in total. The van der Waals surface area contributed by atoms with Gasteiger partial charge in [0.15, 0.2) is 0 Å². The van der Waals surface area contributed by atoms with Crippen LogP contribution >= 0.6 is 27.7 Å². The lowest BCUT2D eigenvalue weighted by molar-refractivity contribution is 0.394. The molecule has 2 atom stereocenters. The summed E-state index contributed by atoms with van der Waals surface area (Å²) in [6.45, 7) is 0. The summed E-state index contributed by atoms with van der Waals surface area (Å²) in [4.78, 5) is 4.71. The van der Waals surface area contributed by atoms with Crippen molar-refractivity contribution in [2.75, 3.05) is 11.5 Å². The van der Waals surface area contributed by atoms with Crippen LogP contribution in [0.3, 0.4) is 0 Å². The molecule has 1 saturated heterocycles. The largest absolute Gasteiger partial charge is 0.315 e. The zero-order valence-electron chi connectivity index (χ0n) is 9.16. The number of fused-ring (bicyclic) bond motifs is 1. The summed E-state index contributed by atoms with van der Waals surface area (Å²) in [5.74, 6) is 4.30. The normalized spacial score (nSPS) is 29.4. The van der Waals surface area contributed by atoms with Crippen molar-refractivity contribution in [2.24, 2.45) is 5.73 Å². The molecule has 2 unspecified atom stereocenters. The fraction of sp³-hybridized carbons (Fsp3) is 0.727. The van der Waals surface area contributed by atoms with Gasteiger partial charge in [0, 0.05) is 11.7 Å². The van der Waals surface area contributed by atoms with Gasteiger partial charge >= 0.3 is 0 Å². The lowest BCUT2D eigenvalue weighted by Crippen LogP contribution is -2.27. The van der Waals surface area contributed by atoms with E-state index >= 15 is 0 Å². The number of thioether (sulfide) groups is 1. The third-order valence-electron chi connectivity index (χ3n) is 3.53. The predicted molar refractivity (Wildman–Crippen MR) is 70.8 cm³/mol. The molecule has 0 bridgehead atoms. The summed E-state index contributed by atoms with van der Waals surface area (Å²) in [5, 5.41) is 0. The monoisotopic (exact) mass is 301 g/mol. The zero-order chi connectivity index (χ0) is 11.1.